The molecule has 1 aromatic carbocycles. The Hall–Kier alpha value is -2.98. The van der Waals surface area contributed by atoms with E-state index in [-0.39, 0.29) is 18.4 Å². The van der Waals surface area contributed by atoms with Crippen molar-refractivity contribution in [2.45, 2.75) is 39.3 Å². The van der Waals surface area contributed by atoms with Crippen molar-refractivity contribution in [3.63, 3.8) is 0 Å². The second-order valence-corrected chi connectivity index (χ2v) is 8.81. The van der Waals surface area contributed by atoms with Crippen molar-refractivity contribution in [3.05, 3.63) is 46.1 Å². The number of esters is 1. The molecule has 0 bridgehead atoms. The number of methoxy groups -OCH3 is 3. The molecule has 1 atom stereocenters. The molecule has 0 radical (unpaired) electrons. The second kappa shape index (κ2) is 11.4. The number of allylic oxidation sites excluding steroid dienone is 1. The van der Waals surface area contributed by atoms with Crippen LogP contribution < -0.4 is 14.8 Å². The quantitative estimate of drug-likeness (QED) is 0.395. The number of amides is 1. The standard InChI is InChI=1S/C24H31N3O6S/c1-14(2)33-23(29)21-15(3)26-24-27(16(13-34-24)11-20(28)25-9-10-30-4)22(21)18-8-7-17(31-5)12-19(18)32-6/h7-8,12-14,22H,9-11H2,1-6H3,(H,25,28)/t22-/m1/s1. The maximum Gasteiger partial charge on any atom is 0.338 e. The van der Waals surface area contributed by atoms with Gasteiger partial charge in [-0.1, -0.05) is 11.8 Å². The molecule has 0 unspecified atom stereocenters. The van der Waals surface area contributed by atoms with Gasteiger partial charge in [-0.15, -0.1) is 0 Å². The third-order valence-corrected chi connectivity index (χ3v) is 6.16. The third kappa shape index (κ3) is 5.56. The number of rotatable bonds is 10. The molecule has 10 heteroatoms. The van der Waals surface area contributed by atoms with Gasteiger partial charge in [0, 0.05) is 31.0 Å². The first-order chi connectivity index (χ1) is 16.3. The highest BCUT2D eigenvalue weighted by Gasteiger charge is 2.42. The largest absolute Gasteiger partial charge is 0.497 e. The molecule has 184 valence electrons. The molecule has 2 heterocycles. The maximum atomic E-state index is 13.3. The Morgan fingerprint density at radius 2 is 1.97 bits per heavy atom. The van der Waals surface area contributed by atoms with E-state index in [0.29, 0.717) is 41.1 Å². The summed E-state index contributed by atoms with van der Waals surface area (Å²) in [6, 6.07) is 4.85. The lowest BCUT2D eigenvalue weighted by atomic mass is 9.93. The number of thioether (sulfide) groups is 1. The zero-order valence-electron chi connectivity index (χ0n) is 20.3. The van der Waals surface area contributed by atoms with Gasteiger partial charge in [-0.2, -0.15) is 0 Å². The summed E-state index contributed by atoms with van der Waals surface area (Å²) in [4.78, 5) is 32.4. The van der Waals surface area contributed by atoms with Crippen molar-refractivity contribution in [1.82, 2.24) is 10.2 Å². The highest BCUT2D eigenvalue weighted by atomic mass is 32.2. The van der Waals surface area contributed by atoms with E-state index >= 15 is 0 Å². The van der Waals surface area contributed by atoms with Crippen molar-refractivity contribution in [2.75, 3.05) is 34.5 Å². The number of aliphatic imine (C=N–C) groups is 1. The zero-order chi connectivity index (χ0) is 24.8. The Bertz CT molecular complexity index is 1030. The van der Waals surface area contributed by atoms with Gasteiger partial charge >= 0.3 is 5.97 Å². The summed E-state index contributed by atoms with van der Waals surface area (Å²) in [6.45, 7) is 6.23. The van der Waals surface area contributed by atoms with Crippen LogP contribution in [-0.2, 0) is 19.1 Å². The van der Waals surface area contributed by atoms with Crippen LogP contribution >= 0.6 is 11.8 Å². The SMILES string of the molecule is COCCNC(=O)CC1=CSC2=NC(C)=C(C(=O)OC(C)C)[C@@H](c3ccc(OC)cc3OC)N12. The predicted octanol–water partition coefficient (Wildman–Crippen LogP) is 3.38. The number of hydrogen-bond acceptors (Lipinski definition) is 9. The lowest BCUT2D eigenvalue weighted by Gasteiger charge is -2.37. The molecule has 2 aliphatic rings. The minimum atomic E-state index is -0.590. The van der Waals surface area contributed by atoms with Crippen LogP contribution in [0.3, 0.4) is 0 Å². The topological polar surface area (TPSA) is 98.7 Å². The number of benzene rings is 1. The van der Waals surface area contributed by atoms with Gasteiger partial charge in [0.2, 0.25) is 5.91 Å². The highest BCUT2D eigenvalue weighted by Crippen LogP contribution is 2.47. The summed E-state index contributed by atoms with van der Waals surface area (Å²) in [5, 5.41) is 5.41. The van der Waals surface area contributed by atoms with E-state index in [1.54, 1.807) is 48.2 Å². The minimum Gasteiger partial charge on any atom is -0.497 e. The van der Waals surface area contributed by atoms with Crippen molar-refractivity contribution < 1.29 is 28.5 Å². The molecule has 0 aromatic heterocycles. The number of nitrogens with zero attached hydrogens (tertiary/aromatic N) is 2. The lowest BCUT2D eigenvalue weighted by molar-refractivity contribution is -0.143. The molecule has 3 rings (SSSR count). The van der Waals surface area contributed by atoms with Gasteiger partial charge in [0.1, 0.15) is 11.5 Å². The molecular weight excluding hydrogens is 458 g/mol. The first-order valence-electron chi connectivity index (χ1n) is 10.9. The van der Waals surface area contributed by atoms with E-state index in [1.165, 1.54) is 11.8 Å². The van der Waals surface area contributed by atoms with E-state index in [9.17, 15) is 9.59 Å². The molecule has 1 N–H and O–H groups in total. The zero-order valence-corrected chi connectivity index (χ0v) is 21.2. The molecule has 0 spiro atoms. The van der Waals surface area contributed by atoms with Crippen LogP contribution in [0.2, 0.25) is 0 Å². The maximum absolute atomic E-state index is 13.3. The molecule has 34 heavy (non-hydrogen) atoms. The summed E-state index contributed by atoms with van der Waals surface area (Å²) >= 11 is 1.41. The number of amidine groups is 1. The van der Waals surface area contributed by atoms with E-state index in [4.69, 9.17) is 18.9 Å². The number of hydrogen-bond donors (Lipinski definition) is 1. The third-order valence-electron chi connectivity index (χ3n) is 5.27. The van der Waals surface area contributed by atoms with Crippen molar-refractivity contribution in [3.8, 4) is 11.5 Å². The van der Waals surface area contributed by atoms with Crippen LogP contribution in [0.25, 0.3) is 0 Å². The summed E-state index contributed by atoms with van der Waals surface area (Å²) in [6.07, 6.45) is -0.179. The molecule has 9 nitrogen and oxygen atoms in total. The highest BCUT2D eigenvalue weighted by molar-refractivity contribution is 8.16. The number of carbonyl (C=O) groups is 2. The van der Waals surface area contributed by atoms with Crippen molar-refractivity contribution in [2.24, 2.45) is 4.99 Å². The normalized spacial score (nSPS) is 17.3. The van der Waals surface area contributed by atoms with Crippen LogP contribution in [0.4, 0.5) is 0 Å². The number of nitrogens with one attached hydrogen (secondary N) is 1. The number of ether oxygens (including phenoxy) is 4. The monoisotopic (exact) mass is 489 g/mol. The van der Waals surface area contributed by atoms with E-state index in [1.807, 2.05) is 22.4 Å². The van der Waals surface area contributed by atoms with Crippen LogP contribution in [0, 0.1) is 0 Å². The summed E-state index contributed by atoms with van der Waals surface area (Å²) < 4.78 is 21.6. The Kier molecular flexibility index (Phi) is 8.62. The summed E-state index contributed by atoms with van der Waals surface area (Å²) in [5.41, 5.74) is 2.42. The van der Waals surface area contributed by atoms with Gasteiger partial charge in [0.15, 0.2) is 5.17 Å². The van der Waals surface area contributed by atoms with Gasteiger partial charge in [-0.05, 0) is 38.3 Å². The van der Waals surface area contributed by atoms with E-state index in [2.05, 4.69) is 10.3 Å². The average Bonchev–Trinajstić information content (AvgIpc) is 3.19. The first kappa shape index (κ1) is 25.6. The number of carbonyl (C=O) groups excluding carboxylic acids is 2. The molecule has 1 aromatic rings. The van der Waals surface area contributed by atoms with Crippen molar-refractivity contribution in [1.29, 1.82) is 0 Å². The molecule has 0 saturated carbocycles. The summed E-state index contributed by atoms with van der Waals surface area (Å²) in [5.74, 6) is 0.567. The predicted molar refractivity (Wildman–Crippen MR) is 131 cm³/mol. The fourth-order valence-corrected chi connectivity index (χ4v) is 4.73. The Labute approximate surface area is 204 Å². The molecule has 0 saturated heterocycles. The molecule has 0 fully saturated rings. The Morgan fingerprint density at radius 1 is 1.21 bits per heavy atom. The van der Waals surface area contributed by atoms with E-state index < -0.39 is 12.0 Å². The van der Waals surface area contributed by atoms with Crippen LogP contribution in [0.5, 0.6) is 11.5 Å². The van der Waals surface area contributed by atoms with Gasteiger partial charge in [0.25, 0.3) is 0 Å². The van der Waals surface area contributed by atoms with Crippen LogP contribution in [0.15, 0.2) is 45.6 Å². The Morgan fingerprint density at radius 3 is 2.62 bits per heavy atom. The van der Waals surface area contributed by atoms with Crippen LogP contribution in [0.1, 0.15) is 38.8 Å². The van der Waals surface area contributed by atoms with Gasteiger partial charge in [-0.3, -0.25) is 4.79 Å². The second-order valence-electron chi connectivity index (χ2n) is 7.97. The van der Waals surface area contributed by atoms with Crippen LogP contribution in [-0.4, -0.2) is 62.5 Å². The van der Waals surface area contributed by atoms with Crippen molar-refractivity contribution >= 4 is 28.8 Å². The molecular formula is C24H31N3O6S. The van der Waals surface area contributed by atoms with Gasteiger partial charge in [0.05, 0.1) is 50.7 Å². The smallest absolute Gasteiger partial charge is 0.338 e. The summed E-state index contributed by atoms with van der Waals surface area (Å²) in [7, 11) is 4.73. The fourth-order valence-electron chi connectivity index (χ4n) is 3.77. The fraction of sp³-hybridized carbons (Fsp3) is 0.458. The minimum absolute atomic E-state index is 0.121. The Balaban J connectivity index is 2.05. The molecule has 0 aliphatic carbocycles. The first-order valence-corrected chi connectivity index (χ1v) is 11.8. The lowest BCUT2D eigenvalue weighted by Crippen LogP contribution is -2.38. The molecule has 1 amide bonds. The number of fused-ring (bicyclic) bond motifs is 1. The molecule has 2 aliphatic heterocycles. The van der Waals surface area contributed by atoms with E-state index in [0.717, 1.165) is 11.3 Å². The van der Waals surface area contributed by atoms with Gasteiger partial charge in [-0.25, -0.2) is 9.79 Å². The van der Waals surface area contributed by atoms with Gasteiger partial charge < -0.3 is 29.2 Å². The average molecular weight is 490 g/mol.